The minimum atomic E-state index is 0.00676. The molecule has 0 unspecified atom stereocenters. The minimum absolute atomic E-state index is 0.00676. The molecule has 0 saturated carbocycles. The third-order valence-corrected chi connectivity index (χ3v) is 3.32. The maximum Gasteiger partial charge on any atom is 0.239 e. The van der Waals surface area contributed by atoms with Crippen LogP contribution in [0.1, 0.15) is 18.4 Å². The molecule has 1 atom stereocenters. The van der Waals surface area contributed by atoms with Crippen LogP contribution in [0.25, 0.3) is 0 Å². The number of rotatable bonds is 3. The van der Waals surface area contributed by atoms with E-state index in [9.17, 15) is 4.79 Å². The quantitative estimate of drug-likeness (QED) is 0.893. The highest BCUT2D eigenvalue weighted by Gasteiger charge is 2.24. The smallest absolute Gasteiger partial charge is 0.239 e. The van der Waals surface area contributed by atoms with Gasteiger partial charge in [-0.1, -0.05) is 23.7 Å². The molecule has 0 aromatic heterocycles. The lowest BCUT2D eigenvalue weighted by Crippen LogP contribution is -2.41. The Morgan fingerprint density at radius 2 is 2.18 bits per heavy atom. The first-order chi connectivity index (χ1) is 8.16. The van der Waals surface area contributed by atoms with Gasteiger partial charge in [-0.25, -0.2) is 0 Å². The highest BCUT2D eigenvalue weighted by atomic mass is 35.5. The summed E-state index contributed by atoms with van der Waals surface area (Å²) >= 11 is 5.82. The Balaban J connectivity index is 1.93. The normalized spacial score (nSPS) is 19.3. The van der Waals surface area contributed by atoms with E-state index in [0.29, 0.717) is 6.54 Å². The third kappa shape index (κ3) is 3.20. The van der Waals surface area contributed by atoms with E-state index in [0.717, 1.165) is 30.0 Å². The number of nitrogens with one attached hydrogen (secondary N) is 1. The molecule has 92 valence electrons. The van der Waals surface area contributed by atoms with Crippen LogP contribution in [0.5, 0.6) is 0 Å². The zero-order chi connectivity index (χ0) is 12.3. The number of hydrogen-bond acceptors (Lipinski definition) is 2. The summed E-state index contributed by atoms with van der Waals surface area (Å²) in [5, 5.41) is 3.94. The van der Waals surface area contributed by atoms with Crippen molar-refractivity contribution in [3.8, 4) is 0 Å². The predicted octanol–water partition coefficient (Wildman–Crippen LogP) is 2.05. The van der Waals surface area contributed by atoms with Gasteiger partial charge in [-0.15, -0.1) is 0 Å². The van der Waals surface area contributed by atoms with Crippen molar-refractivity contribution >= 4 is 17.5 Å². The van der Waals surface area contributed by atoms with Crippen molar-refractivity contribution in [3.63, 3.8) is 0 Å². The van der Waals surface area contributed by atoms with Gasteiger partial charge in [0.05, 0.1) is 6.04 Å². The SMILES string of the molecule is CN(Cc1ccc(Cl)cc1)C(=O)[C@@H]1CCCN1. The zero-order valence-electron chi connectivity index (χ0n) is 9.95. The Bertz CT molecular complexity index is 385. The summed E-state index contributed by atoms with van der Waals surface area (Å²) in [6.07, 6.45) is 2.04. The van der Waals surface area contributed by atoms with Crippen LogP contribution in [0, 0.1) is 0 Å². The molecule has 0 bridgehead atoms. The molecule has 4 heteroatoms. The van der Waals surface area contributed by atoms with Crippen molar-refractivity contribution in [1.29, 1.82) is 0 Å². The summed E-state index contributed by atoms with van der Waals surface area (Å²) in [6.45, 7) is 1.58. The molecular weight excluding hydrogens is 236 g/mol. The van der Waals surface area contributed by atoms with Crippen LogP contribution in [0.15, 0.2) is 24.3 Å². The minimum Gasteiger partial charge on any atom is -0.340 e. The van der Waals surface area contributed by atoms with Crippen LogP contribution in [0.3, 0.4) is 0 Å². The van der Waals surface area contributed by atoms with Crippen LogP contribution < -0.4 is 5.32 Å². The number of benzene rings is 1. The fourth-order valence-electron chi connectivity index (χ4n) is 2.10. The molecule has 2 rings (SSSR count). The van der Waals surface area contributed by atoms with Crippen molar-refractivity contribution in [2.24, 2.45) is 0 Å². The third-order valence-electron chi connectivity index (χ3n) is 3.07. The number of nitrogens with zero attached hydrogens (tertiary/aromatic N) is 1. The van der Waals surface area contributed by atoms with Gasteiger partial charge < -0.3 is 10.2 Å². The Morgan fingerprint density at radius 1 is 1.47 bits per heavy atom. The van der Waals surface area contributed by atoms with E-state index < -0.39 is 0 Å². The van der Waals surface area contributed by atoms with E-state index in [1.807, 2.05) is 31.3 Å². The van der Waals surface area contributed by atoms with Gasteiger partial charge in [0.1, 0.15) is 0 Å². The molecule has 1 aromatic carbocycles. The molecule has 1 aliphatic heterocycles. The number of likely N-dealkylation sites (N-methyl/N-ethyl adjacent to an activating group) is 1. The number of amides is 1. The zero-order valence-corrected chi connectivity index (χ0v) is 10.7. The van der Waals surface area contributed by atoms with Gasteiger partial charge in [-0.05, 0) is 37.1 Å². The first-order valence-electron chi connectivity index (χ1n) is 5.89. The molecular formula is C13H17ClN2O. The Morgan fingerprint density at radius 3 is 2.76 bits per heavy atom. The second-order valence-corrected chi connectivity index (χ2v) is 4.91. The lowest BCUT2D eigenvalue weighted by atomic mass is 10.1. The van der Waals surface area contributed by atoms with Crippen LogP contribution in [0.2, 0.25) is 5.02 Å². The molecule has 17 heavy (non-hydrogen) atoms. The first-order valence-corrected chi connectivity index (χ1v) is 6.27. The number of hydrogen-bond donors (Lipinski definition) is 1. The molecule has 1 aliphatic rings. The van der Waals surface area contributed by atoms with Crippen LogP contribution in [-0.2, 0) is 11.3 Å². The second kappa shape index (κ2) is 5.52. The van der Waals surface area contributed by atoms with E-state index in [-0.39, 0.29) is 11.9 Å². The van der Waals surface area contributed by atoms with Gasteiger partial charge in [0.2, 0.25) is 5.91 Å². The Labute approximate surface area is 107 Å². The summed E-state index contributed by atoms with van der Waals surface area (Å²) < 4.78 is 0. The van der Waals surface area contributed by atoms with E-state index in [1.165, 1.54) is 0 Å². The summed E-state index contributed by atoms with van der Waals surface area (Å²) in [4.78, 5) is 13.8. The molecule has 1 aromatic rings. The second-order valence-electron chi connectivity index (χ2n) is 4.47. The Hall–Kier alpha value is -1.06. The largest absolute Gasteiger partial charge is 0.340 e. The summed E-state index contributed by atoms with van der Waals surface area (Å²) in [5.74, 6) is 0.178. The Kier molecular flexibility index (Phi) is 4.02. The van der Waals surface area contributed by atoms with Crippen LogP contribution in [-0.4, -0.2) is 30.4 Å². The van der Waals surface area contributed by atoms with E-state index in [4.69, 9.17) is 11.6 Å². The number of carbonyl (C=O) groups excluding carboxylic acids is 1. The average Bonchev–Trinajstić information content (AvgIpc) is 2.84. The topological polar surface area (TPSA) is 32.3 Å². The lowest BCUT2D eigenvalue weighted by molar-refractivity contribution is -0.132. The van der Waals surface area contributed by atoms with E-state index in [2.05, 4.69) is 5.32 Å². The van der Waals surface area contributed by atoms with Gasteiger partial charge in [-0.3, -0.25) is 4.79 Å². The molecule has 3 nitrogen and oxygen atoms in total. The van der Waals surface area contributed by atoms with Gasteiger partial charge in [-0.2, -0.15) is 0 Å². The molecule has 1 amide bonds. The summed E-state index contributed by atoms with van der Waals surface area (Å²) in [7, 11) is 1.84. The fraction of sp³-hybridized carbons (Fsp3) is 0.462. The molecule has 0 radical (unpaired) electrons. The summed E-state index contributed by atoms with van der Waals surface area (Å²) in [6, 6.07) is 7.61. The van der Waals surface area contributed by atoms with Crippen molar-refractivity contribution in [1.82, 2.24) is 10.2 Å². The first kappa shape index (κ1) is 12.4. The number of halogens is 1. The van der Waals surface area contributed by atoms with Gasteiger partial charge >= 0.3 is 0 Å². The average molecular weight is 253 g/mol. The fourth-order valence-corrected chi connectivity index (χ4v) is 2.23. The standard InChI is InChI=1S/C13H17ClN2O/c1-16(13(17)12-3-2-8-15-12)9-10-4-6-11(14)7-5-10/h4-7,12,15H,2-3,8-9H2,1H3/t12-/m0/s1. The summed E-state index contributed by atoms with van der Waals surface area (Å²) in [5.41, 5.74) is 1.10. The van der Waals surface area contributed by atoms with Gasteiger partial charge in [0.15, 0.2) is 0 Å². The molecule has 1 heterocycles. The highest BCUT2D eigenvalue weighted by molar-refractivity contribution is 6.30. The highest BCUT2D eigenvalue weighted by Crippen LogP contribution is 2.13. The van der Waals surface area contributed by atoms with Crippen LogP contribution in [0.4, 0.5) is 0 Å². The van der Waals surface area contributed by atoms with Crippen LogP contribution >= 0.6 is 11.6 Å². The van der Waals surface area contributed by atoms with E-state index >= 15 is 0 Å². The molecule has 0 spiro atoms. The molecule has 0 aliphatic carbocycles. The maximum atomic E-state index is 12.1. The lowest BCUT2D eigenvalue weighted by Gasteiger charge is -2.21. The molecule has 1 N–H and O–H groups in total. The van der Waals surface area contributed by atoms with Gasteiger partial charge in [0, 0.05) is 18.6 Å². The maximum absolute atomic E-state index is 12.1. The number of carbonyl (C=O) groups is 1. The monoisotopic (exact) mass is 252 g/mol. The molecule has 1 saturated heterocycles. The van der Waals surface area contributed by atoms with Crippen molar-refractivity contribution < 1.29 is 4.79 Å². The van der Waals surface area contributed by atoms with E-state index in [1.54, 1.807) is 4.90 Å². The van der Waals surface area contributed by atoms with Gasteiger partial charge in [0.25, 0.3) is 0 Å². The van der Waals surface area contributed by atoms with Crippen molar-refractivity contribution in [3.05, 3.63) is 34.9 Å². The molecule has 1 fully saturated rings. The van der Waals surface area contributed by atoms with Crippen molar-refractivity contribution in [2.75, 3.05) is 13.6 Å². The van der Waals surface area contributed by atoms with Crippen molar-refractivity contribution in [2.45, 2.75) is 25.4 Å². The predicted molar refractivity (Wildman–Crippen MR) is 69.0 cm³/mol.